The van der Waals surface area contributed by atoms with E-state index in [1.54, 1.807) is 0 Å². The molecule has 0 atom stereocenters. The van der Waals surface area contributed by atoms with Gasteiger partial charge >= 0.3 is 5.97 Å². The number of anilines is 1. The highest BCUT2D eigenvalue weighted by Crippen LogP contribution is 2.38. The highest BCUT2D eigenvalue weighted by molar-refractivity contribution is 7.17. The van der Waals surface area contributed by atoms with E-state index in [-0.39, 0.29) is 5.56 Å². The van der Waals surface area contributed by atoms with Crippen molar-refractivity contribution in [1.29, 1.82) is 0 Å². The minimum atomic E-state index is -1.29. The molecule has 0 aliphatic heterocycles. The van der Waals surface area contributed by atoms with E-state index in [2.05, 4.69) is 10.1 Å². The van der Waals surface area contributed by atoms with Crippen molar-refractivity contribution < 1.29 is 27.9 Å². The molecule has 1 aliphatic carbocycles. The van der Waals surface area contributed by atoms with Crippen molar-refractivity contribution in [2.24, 2.45) is 5.73 Å². The van der Waals surface area contributed by atoms with Crippen molar-refractivity contribution in [2.45, 2.75) is 19.3 Å². The summed E-state index contributed by atoms with van der Waals surface area (Å²) >= 11 is 1.25. The van der Waals surface area contributed by atoms with Crippen LogP contribution in [-0.2, 0) is 22.4 Å². The molecule has 3 N–H and O–H groups in total. The van der Waals surface area contributed by atoms with Crippen LogP contribution in [0, 0.1) is 11.6 Å². The lowest BCUT2D eigenvalue weighted by molar-refractivity contribution is -0.119. The topological polar surface area (TPSA) is 98.5 Å². The zero-order chi connectivity index (χ0) is 18.8. The standard InChI is InChI=1S/C17H14F2N2O4S/c18-9-4-2-5-10(19)14(9)17(24)25-7-12(22)21-16-13(15(20)23)8-3-1-6-11(8)26-16/h2,4-5H,1,3,6-7H2,(H2,20,23)(H,21,22). The Morgan fingerprint density at radius 1 is 1.15 bits per heavy atom. The quantitative estimate of drug-likeness (QED) is 0.778. The van der Waals surface area contributed by atoms with Crippen molar-refractivity contribution in [3.8, 4) is 0 Å². The fourth-order valence-electron chi connectivity index (χ4n) is 2.81. The number of primary amides is 1. The van der Waals surface area contributed by atoms with E-state index in [0.717, 1.165) is 41.5 Å². The number of thiophene rings is 1. The van der Waals surface area contributed by atoms with Crippen LogP contribution < -0.4 is 11.1 Å². The lowest BCUT2D eigenvalue weighted by Crippen LogP contribution is -2.23. The molecule has 3 rings (SSSR count). The molecule has 0 saturated heterocycles. The predicted molar refractivity (Wildman–Crippen MR) is 90.1 cm³/mol. The number of hydrogen-bond donors (Lipinski definition) is 2. The number of benzene rings is 1. The Hall–Kier alpha value is -2.81. The molecule has 0 radical (unpaired) electrons. The minimum Gasteiger partial charge on any atom is -0.452 e. The average molecular weight is 380 g/mol. The number of ether oxygens (including phenoxy) is 1. The molecule has 0 unspecified atom stereocenters. The molecule has 0 spiro atoms. The van der Waals surface area contributed by atoms with E-state index in [4.69, 9.17) is 5.73 Å². The first-order valence-electron chi connectivity index (χ1n) is 7.73. The van der Waals surface area contributed by atoms with Gasteiger partial charge in [0.25, 0.3) is 11.8 Å². The minimum absolute atomic E-state index is 0.266. The van der Waals surface area contributed by atoms with Crippen LogP contribution in [0.3, 0.4) is 0 Å². The van der Waals surface area contributed by atoms with Gasteiger partial charge in [-0.25, -0.2) is 13.6 Å². The summed E-state index contributed by atoms with van der Waals surface area (Å²) < 4.78 is 31.7. The van der Waals surface area contributed by atoms with Gasteiger partial charge in [-0.3, -0.25) is 9.59 Å². The van der Waals surface area contributed by atoms with Crippen molar-refractivity contribution in [1.82, 2.24) is 0 Å². The van der Waals surface area contributed by atoms with Crippen LogP contribution in [0.15, 0.2) is 18.2 Å². The second kappa shape index (κ2) is 7.20. The van der Waals surface area contributed by atoms with Gasteiger partial charge in [0, 0.05) is 4.88 Å². The van der Waals surface area contributed by atoms with Gasteiger partial charge in [0.15, 0.2) is 6.61 Å². The smallest absolute Gasteiger partial charge is 0.344 e. The van der Waals surface area contributed by atoms with Gasteiger partial charge in [0.05, 0.1) is 5.56 Å². The zero-order valence-electron chi connectivity index (χ0n) is 13.4. The summed E-state index contributed by atoms with van der Waals surface area (Å²) in [7, 11) is 0. The van der Waals surface area contributed by atoms with E-state index in [1.807, 2.05) is 0 Å². The summed E-state index contributed by atoms with van der Waals surface area (Å²) in [4.78, 5) is 36.4. The Labute approximate surface area is 150 Å². The Morgan fingerprint density at radius 2 is 1.85 bits per heavy atom. The third kappa shape index (κ3) is 3.43. The van der Waals surface area contributed by atoms with Gasteiger partial charge in [-0.2, -0.15) is 0 Å². The predicted octanol–water partition coefficient (Wildman–Crippen LogP) is 2.41. The molecule has 0 fully saturated rings. The molecule has 1 aliphatic rings. The second-order valence-electron chi connectivity index (χ2n) is 5.65. The summed E-state index contributed by atoms with van der Waals surface area (Å²) in [6, 6.07) is 2.92. The molecular formula is C17H14F2N2O4S. The summed E-state index contributed by atoms with van der Waals surface area (Å²) in [6.07, 6.45) is 2.43. The maximum atomic E-state index is 13.5. The van der Waals surface area contributed by atoms with Crippen LogP contribution in [0.25, 0.3) is 0 Å². The maximum absolute atomic E-state index is 13.5. The van der Waals surface area contributed by atoms with E-state index in [0.29, 0.717) is 11.4 Å². The van der Waals surface area contributed by atoms with E-state index in [9.17, 15) is 23.2 Å². The molecular weight excluding hydrogens is 366 g/mol. The van der Waals surface area contributed by atoms with E-state index in [1.165, 1.54) is 11.3 Å². The highest BCUT2D eigenvalue weighted by atomic mass is 32.1. The number of halogens is 2. The normalized spacial score (nSPS) is 12.5. The fraction of sp³-hybridized carbons (Fsp3) is 0.235. The van der Waals surface area contributed by atoms with Gasteiger partial charge in [-0.1, -0.05) is 6.07 Å². The van der Waals surface area contributed by atoms with Crippen LogP contribution in [0.5, 0.6) is 0 Å². The summed E-state index contributed by atoms with van der Waals surface area (Å²) in [6.45, 7) is -0.757. The van der Waals surface area contributed by atoms with Crippen LogP contribution >= 0.6 is 11.3 Å². The number of carbonyl (C=O) groups is 3. The zero-order valence-corrected chi connectivity index (χ0v) is 14.3. The van der Waals surface area contributed by atoms with E-state index < -0.39 is 41.6 Å². The van der Waals surface area contributed by atoms with Crippen LogP contribution in [0.2, 0.25) is 0 Å². The molecule has 26 heavy (non-hydrogen) atoms. The molecule has 1 aromatic heterocycles. The first-order chi connectivity index (χ1) is 12.4. The highest BCUT2D eigenvalue weighted by Gasteiger charge is 2.26. The third-order valence-electron chi connectivity index (χ3n) is 3.92. The van der Waals surface area contributed by atoms with Crippen molar-refractivity contribution >= 4 is 34.1 Å². The van der Waals surface area contributed by atoms with Crippen LogP contribution in [0.1, 0.15) is 37.6 Å². The summed E-state index contributed by atoms with van der Waals surface area (Å²) in [5.41, 5.74) is 5.62. The number of rotatable bonds is 5. The molecule has 1 heterocycles. The van der Waals surface area contributed by atoms with Crippen molar-refractivity contribution in [3.05, 3.63) is 51.4 Å². The molecule has 2 aromatic rings. The Bertz CT molecular complexity index is 890. The first-order valence-corrected chi connectivity index (χ1v) is 8.55. The largest absolute Gasteiger partial charge is 0.452 e. The molecule has 0 saturated carbocycles. The number of hydrogen-bond acceptors (Lipinski definition) is 5. The first kappa shape index (κ1) is 18.0. The second-order valence-corrected chi connectivity index (χ2v) is 6.75. The molecule has 9 heteroatoms. The van der Waals surface area contributed by atoms with Gasteiger partial charge in [-0.15, -0.1) is 11.3 Å². The molecule has 136 valence electrons. The summed E-state index contributed by atoms with van der Waals surface area (Å²) in [5, 5.41) is 2.76. The number of carbonyl (C=O) groups excluding carboxylic acids is 3. The Kier molecular flexibility index (Phi) is 4.99. The number of amides is 2. The maximum Gasteiger partial charge on any atom is 0.344 e. The number of aryl methyl sites for hydroxylation is 1. The van der Waals surface area contributed by atoms with Crippen LogP contribution in [-0.4, -0.2) is 24.4 Å². The monoisotopic (exact) mass is 380 g/mol. The number of nitrogens with one attached hydrogen (secondary N) is 1. The number of nitrogens with two attached hydrogens (primary N) is 1. The van der Waals surface area contributed by atoms with Crippen LogP contribution in [0.4, 0.5) is 13.8 Å². The molecule has 2 amide bonds. The molecule has 6 nitrogen and oxygen atoms in total. The average Bonchev–Trinajstić information content (AvgIpc) is 3.12. The van der Waals surface area contributed by atoms with Crippen molar-refractivity contribution in [2.75, 3.05) is 11.9 Å². The molecule has 1 aromatic carbocycles. The Morgan fingerprint density at radius 3 is 2.50 bits per heavy atom. The SMILES string of the molecule is NC(=O)c1c(NC(=O)COC(=O)c2c(F)cccc2F)sc2c1CCC2. The van der Waals surface area contributed by atoms with Crippen molar-refractivity contribution in [3.63, 3.8) is 0 Å². The lowest BCUT2D eigenvalue weighted by atomic mass is 10.1. The van der Waals surface area contributed by atoms with Gasteiger partial charge in [0.2, 0.25) is 0 Å². The lowest BCUT2D eigenvalue weighted by Gasteiger charge is -2.08. The van der Waals surface area contributed by atoms with Gasteiger partial charge in [-0.05, 0) is 37.0 Å². The van der Waals surface area contributed by atoms with E-state index >= 15 is 0 Å². The summed E-state index contributed by atoms with van der Waals surface area (Å²) in [5.74, 6) is -4.84. The molecule has 0 bridgehead atoms. The van der Waals surface area contributed by atoms with Gasteiger partial charge < -0.3 is 15.8 Å². The number of esters is 1. The Balaban J connectivity index is 1.67. The third-order valence-corrected chi connectivity index (χ3v) is 5.13. The van der Waals surface area contributed by atoms with Gasteiger partial charge in [0.1, 0.15) is 22.2 Å². The fourth-order valence-corrected chi connectivity index (χ4v) is 4.12. The number of fused-ring (bicyclic) bond motifs is 1.